The fraction of sp³-hybridized carbons (Fsp3) is 0.167. The highest BCUT2D eigenvalue weighted by molar-refractivity contribution is 6.35. The fourth-order valence-corrected chi connectivity index (χ4v) is 0.712. The smallest absolute Gasteiger partial charge is 0.313 e. The van der Waals surface area contributed by atoms with Gasteiger partial charge in [-0.15, -0.1) is 0 Å². The van der Waals surface area contributed by atoms with Gasteiger partial charge in [0, 0.05) is 12.4 Å². The number of aromatic nitrogens is 1. The third-order valence-electron chi connectivity index (χ3n) is 1.17. The molecule has 1 aromatic heterocycles. The van der Waals surface area contributed by atoms with Gasteiger partial charge in [-0.25, -0.2) is 4.79 Å². The summed E-state index contributed by atoms with van der Waals surface area (Å²) in [5, 5.41) is 2.67. The van der Waals surface area contributed by atoms with Crippen LogP contribution in [0, 0.1) is 0 Å². The number of hydrogen-bond acceptors (Lipinski definition) is 1. The SMILES string of the molecule is CBNC(=O)n1cccc1. The monoisotopic (exact) mass is 136 g/mol. The molecule has 0 radical (unpaired) electrons. The van der Waals surface area contributed by atoms with Crippen molar-refractivity contribution < 1.29 is 4.79 Å². The van der Waals surface area contributed by atoms with E-state index in [1.165, 1.54) is 4.57 Å². The summed E-state index contributed by atoms with van der Waals surface area (Å²) in [6, 6.07) is 3.55. The van der Waals surface area contributed by atoms with Crippen molar-refractivity contribution in [1.82, 2.24) is 9.79 Å². The van der Waals surface area contributed by atoms with E-state index < -0.39 is 0 Å². The van der Waals surface area contributed by atoms with Crippen LogP contribution in [0.4, 0.5) is 4.79 Å². The number of rotatable bonds is 1. The van der Waals surface area contributed by atoms with Crippen molar-refractivity contribution in [2.45, 2.75) is 6.82 Å². The predicted octanol–water partition coefficient (Wildman–Crippen LogP) is 0.445. The van der Waals surface area contributed by atoms with E-state index in [-0.39, 0.29) is 6.03 Å². The van der Waals surface area contributed by atoms with Crippen LogP contribution in [0.3, 0.4) is 0 Å². The van der Waals surface area contributed by atoms with Crippen molar-refractivity contribution >= 4 is 13.4 Å². The zero-order chi connectivity index (χ0) is 7.40. The molecule has 0 aliphatic heterocycles. The van der Waals surface area contributed by atoms with E-state index in [4.69, 9.17) is 0 Å². The van der Waals surface area contributed by atoms with E-state index in [1.54, 1.807) is 12.4 Å². The summed E-state index contributed by atoms with van der Waals surface area (Å²) in [7, 11) is 0.664. The third-order valence-corrected chi connectivity index (χ3v) is 1.17. The van der Waals surface area contributed by atoms with Crippen molar-refractivity contribution in [3.8, 4) is 0 Å². The van der Waals surface area contributed by atoms with Crippen molar-refractivity contribution in [1.29, 1.82) is 0 Å². The van der Waals surface area contributed by atoms with Crippen LogP contribution >= 0.6 is 0 Å². The lowest BCUT2D eigenvalue weighted by atomic mass is 10.0. The van der Waals surface area contributed by atoms with E-state index >= 15 is 0 Å². The van der Waals surface area contributed by atoms with Gasteiger partial charge in [-0.1, -0.05) is 6.82 Å². The predicted molar refractivity (Wildman–Crippen MR) is 41.4 cm³/mol. The molecule has 0 saturated carbocycles. The highest BCUT2D eigenvalue weighted by Crippen LogP contribution is 1.87. The largest absolute Gasteiger partial charge is 0.385 e. The number of hydrogen-bond donors (Lipinski definition) is 1. The minimum absolute atomic E-state index is 0.0764. The number of nitrogens with zero attached hydrogens (tertiary/aromatic N) is 1. The highest BCUT2D eigenvalue weighted by atomic mass is 16.2. The lowest BCUT2D eigenvalue weighted by Crippen LogP contribution is -2.29. The Morgan fingerprint density at radius 2 is 2.10 bits per heavy atom. The molecule has 0 aromatic carbocycles. The highest BCUT2D eigenvalue weighted by Gasteiger charge is 1.97. The van der Waals surface area contributed by atoms with Crippen LogP contribution in [-0.4, -0.2) is 18.0 Å². The standard InChI is InChI=1S/C6H9BN2O/c1-7-8-6(10)9-4-2-3-5-9/h2-5,7H,1H3,(H,8,10). The van der Waals surface area contributed by atoms with Crippen LogP contribution in [0.25, 0.3) is 0 Å². The van der Waals surface area contributed by atoms with Gasteiger partial charge in [-0.3, -0.25) is 4.57 Å². The summed E-state index contributed by atoms with van der Waals surface area (Å²) in [6.07, 6.45) is 3.43. The lowest BCUT2D eigenvalue weighted by molar-refractivity contribution is 0.247. The molecular weight excluding hydrogens is 127 g/mol. The molecule has 52 valence electrons. The number of nitrogens with one attached hydrogen (secondary N) is 1. The quantitative estimate of drug-likeness (QED) is 0.558. The molecule has 0 atom stereocenters. The van der Waals surface area contributed by atoms with Crippen LogP contribution in [0.1, 0.15) is 0 Å². The first-order chi connectivity index (χ1) is 4.84. The molecule has 0 bridgehead atoms. The first kappa shape index (κ1) is 6.93. The van der Waals surface area contributed by atoms with Crippen LogP contribution in [0.5, 0.6) is 0 Å². The first-order valence-corrected chi connectivity index (χ1v) is 3.25. The molecule has 0 aliphatic carbocycles. The fourth-order valence-electron chi connectivity index (χ4n) is 0.712. The summed E-state index contributed by atoms with van der Waals surface area (Å²) in [5.41, 5.74) is 0. The molecule has 0 unspecified atom stereocenters. The lowest BCUT2D eigenvalue weighted by Gasteiger charge is -1.99. The van der Waals surface area contributed by atoms with Crippen LogP contribution in [0.15, 0.2) is 24.5 Å². The minimum atomic E-state index is -0.0764. The Morgan fingerprint density at radius 1 is 1.50 bits per heavy atom. The second kappa shape index (κ2) is 3.10. The zero-order valence-electron chi connectivity index (χ0n) is 5.87. The van der Waals surface area contributed by atoms with E-state index in [2.05, 4.69) is 5.23 Å². The summed E-state index contributed by atoms with van der Waals surface area (Å²) >= 11 is 0. The van der Waals surface area contributed by atoms with Crippen LogP contribution in [0.2, 0.25) is 6.82 Å². The first-order valence-electron chi connectivity index (χ1n) is 3.25. The summed E-state index contributed by atoms with van der Waals surface area (Å²) in [5.74, 6) is 0. The van der Waals surface area contributed by atoms with Gasteiger partial charge in [0.25, 0.3) is 0 Å². The Kier molecular flexibility index (Phi) is 2.15. The Bertz CT molecular complexity index is 208. The van der Waals surface area contributed by atoms with Gasteiger partial charge < -0.3 is 5.23 Å². The maximum Gasteiger partial charge on any atom is 0.313 e. The second-order valence-corrected chi connectivity index (χ2v) is 1.93. The van der Waals surface area contributed by atoms with Crippen molar-refractivity contribution in [2.24, 2.45) is 0 Å². The van der Waals surface area contributed by atoms with Crippen LogP contribution < -0.4 is 5.23 Å². The molecule has 3 nitrogen and oxygen atoms in total. The van der Waals surface area contributed by atoms with Gasteiger partial charge in [0.1, 0.15) is 0 Å². The summed E-state index contributed by atoms with van der Waals surface area (Å²) < 4.78 is 1.50. The molecule has 0 spiro atoms. The molecule has 4 heteroatoms. The van der Waals surface area contributed by atoms with E-state index in [9.17, 15) is 4.79 Å². The number of carbonyl (C=O) groups is 1. The number of amides is 1. The van der Waals surface area contributed by atoms with Gasteiger partial charge in [0.05, 0.1) is 0 Å². The average molecular weight is 136 g/mol. The van der Waals surface area contributed by atoms with Gasteiger partial charge >= 0.3 is 6.03 Å². The van der Waals surface area contributed by atoms with Crippen molar-refractivity contribution in [3.05, 3.63) is 24.5 Å². The average Bonchev–Trinajstić information content (AvgIpc) is 2.38. The molecule has 1 heterocycles. The number of carbonyl (C=O) groups excluding carboxylic acids is 1. The Hall–Kier alpha value is -1.19. The third kappa shape index (κ3) is 1.40. The molecule has 0 saturated heterocycles. The maximum atomic E-state index is 11.0. The molecule has 1 rings (SSSR count). The topological polar surface area (TPSA) is 34.0 Å². The zero-order valence-corrected chi connectivity index (χ0v) is 5.87. The summed E-state index contributed by atoms with van der Waals surface area (Å²) in [4.78, 5) is 11.0. The van der Waals surface area contributed by atoms with E-state index in [1.807, 2.05) is 19.0 Å². The normalized spacial score (nSPS) is 8.90. The van der Waals surface area contributed by atoms with Crippen LogP contribution in [-0.2, 0) is 0 Å². The van der Waals surface area contributed by atoms with Gasteiger partial charge in [0.15, 0.2) is 0 Å². The van der Waals surface area contributed by atoms with E-state index in [0.717, 1.165) is 0 Å². The Labute approximate surface area is 60.3 Å². The minimum Gasteiger partial charge on any atom is -0.385 e. The van der Waals surface area contributed by atoms with E-state index in [0.29, 0.717) is 7.41 Å². The maximum absolute atomic E-state index is 11.0. The Morgan fingerprint density at radius 3 is 2.60 bits per heavy atom. The van der Waals surface area contributed by atoms with Crippen molar-refractivity contribution in [2.75, 3.05) is 0 Å². The second-order valence-electron chi connectivity index (χ2n) is 1.93. The molecule has 1 aromatic rings. The Balaban J connectivity index is 2.59. The molecule has 10 heavy (non-hydrogen) atoms. The molecule has 0 fully saturated rings. The van der Waals surface area contributed by atoms with Gasteiger partial charge in [0.2, 0.25) is 7.41 Å². The summed E-state index contributed by atoms with van der Waals surface area (Å²) in [6.45, 7) is 1.89. The van der Waals surface area contributed by atoms with Gasteiger partial charge in [-0.05, 0) is 12.1 Å². The van der Waals surface area contributed by atoms with Crippen molar-refractivity contribution in [3.63, 3.8) is 0 Å². The molecule has 0 aliphatic rings. The molecule has 1 N–H and O–H groups in total. The molecular formula is C6H9BN2O. The molecule has 1 amide bonds. The van der Waals surface area contributed by atoms with Gasteiger partial charge in [-0.2, -0.15) is 0 Å².